The number of rotatable bonds is 10. The monoisotopic (exact) mass is 269 g/mol. The standard InChI is InChI=1S/C16H31NO2/c1-13(2)17-12-16(10-14-9-15(14)11-16)5-4-6-19-8-7-18-3/h13-15,17H,4-12H2,1-3H3. The molecule has 2 fully saturated rings. The van der Waals surface area contributed by atoms with Crippen LogP contribution in [0.1, 0.15) is 46.0 Å². The molecule has 2 atom stereocenters. The van der Waals surface area contributed by atoms with Crippen LogP contribution in [0.5, 0.6) is 0 Å². The first-order valence-electron chi connectivity index (χ1n) is 7.95. The largest absolute Gasteiger partial charge is 0.382 e. The smallest absolute Gasteiger partial charge is 0.0700 e. The minimum absolute atomic E-state index is 0.572. The van der Waals surface area contributed by atoms with E-state index in [4.69, 9.17) is 9.47 Å². The van der Waals surface area contributed by atoms with Gasteiger partial charge >= 0.3 is 0 Å². The Labute approximate surface area is 118 Å². The molecular weight excluding hydrogens is 238 g/mol. The minimum Gasteiger partial charge on any atom is -0.382 e. The molecule has 0 saturated heterocycles. The Morgan fingerprint density at radius 2 is 1.89 bits per heavy atom. The molecule has 0 aliphatic heterocycles. The number of ether oxygens (including phenoxy) is 2. The summed E-state index contributed by atoms with van der Waals surface area (Å²) in [5.74, 6) is 2.12. The summed E-state index contributed by atoms with van der Waals surface area (Å²) < 4.78 is 10.6. The first kappa shape index (κ1) is 15.3. The van der Waals surface area contributed by atoms with Crippen molar-refractivity contribution in [3.63, 3.8) is 0 Å². The highest BCUT2D eigenvalue weighted by molar-refractivity contribution is 5.04. The molecule has 2 aliphatic carbocycles. The fourth-order valence-corrected chi connectivity index (χ4v) is 3.66. The van der Waals surface area contributed by atoms with Crippen LogP contribution in [0.15, 0.2) is 0 Å². The number of nitrogens with one attached hydrogen (secondary N) is 1. The van der Waals surface area contributed by atoms with Gasteiger partial charge in [0.1, 0.15) is 0 Å². The summed E-state index contributed by atoms with van der Waals surface area (Å²) >= 11 is 0. The lowest BCUT2D eigenvalue weighted by Gasteiger charge is -2.32. The van der Waals surface area contributed by atoms with Crippen molar-refractivity contribution in [1.82, 2.24) is 5.32 Å². The zero-order valence-corrected chi connectivity index (χ0v) is 12.9. The summed E-state index contributed by atoms with van der Waals surface area (Å²) in [5.41, 5.74) is 0.572. The molecule has 0 amide bonds. The van der Waals surface area contributed by atoms with E-state index >= 15 is 0 Å². The average Bonchev–Trinajstić information content (AvgIpc) is 3.00. The van der Waals surface area contributed by atoms with E-state index in [1.54, 1.807) is 7.11 Å². The zero-order valence-electron chi connectivity index (χ0n) is 12.9. The Morgan fingerprint density at radius 3 is 2.53 bits per heavy atom. The van der Waals surface area contributed by atoms with Gasteiger partial charge < -0.3 is 14.8 Å². The van der Waals surface area contributed by atoms with Crippen molar-refractivity contribution in [3.8, 4) is 0 Å². The Morgan fingerprint density at radius 1 is 1.16 bits per heavy atom. The van der Waals surface area contributed by atoms with Gasteiger partial charge in [-0.1, -0.05) is 13.8 Å². The van der Waals surface area contributed by atoms with Gasteiger partial charge in [-0.3, -0.25) is 0 Å². The lowest BCUT2D eigenvalue weighted by molar-refractivity contribution is 0.0624. The van der Waals surface area contributed by atoms with Gasteiger partial charge in [0.05, 0.1) is 13.2 Å². The average molecular weight is 269 g/mol. The summed E-state index contributed by atoms with van der Waals surface area (Å²) in [7, 11) is 1.72. The third-order valence-electron chi connectivity index (χ3n) is 4.77. The molecular formula is C16H31NO2. The van der Waals surface area contributed by atoms with Crippen LogP contribution in [0.2, 0.25) is 0 Å². The molecule has 0 radical (unpaired) electrons. The van der Waals surface area contributed by atoms with Gasteiger partial charge in [-0.15, -0.1) is 0 Å². The van der Waals surface area contributed by atoms with Crippen molar-refractivity contribution in [2.24, 2.45) is 17.3 Å². The number of hydrogen-bond acceptors (Lipinski definition) is 3. The second-order valence-corrected chi connectivity index (χ2v) is 6.91. The van der Waals surface area contributed by atoms with E-state index in [1.165, 1.54) is 38.6 Å². The van der Waals surface area contributed by atoms with E-state index in [-0.39, 0.29) is 0 Å². The zero-order chi connectivity index (χ0) is 13.7. The third kappa shape index (κ3) is 4.73. The number of methoxy groups -OCH3 is 1. The molecule has 0 aromatic heterocycles. The summed E-state index contributed by atoms with van der Waals surface area (Å²) in [6.07, 6.45) is 6.94. The van der Waals surface area contributed by atoms with Crippen molar-refractivity contribution < 1.29 is 9.47 Å². The molecule has 2 aliphatic rings. The molecule has 0 heterocycles. The van der Waals surface area contributed by atoms with Gasteiger partial charge in [-0.2, -0.15) is 0 Å². The van der Waals surface area contributed by atoms with E-state index in [9.17, 15) is 0 Å². The fraction of sp³-hybridized carbons (Fsp3) is 1.00. The van der Waals surface area contributed by atoms with Gasteiger partial charge in [-0.05, 0) is 49.4 Å². The Kier molecular flexibility index (Phi) is 5.67. The molecule has 0 bridgehead atoms. The van der Waals surface area contributed by atoms with Crippen LogP contribution in [0.25, 0.3) is 0 Å². The van der Waals surface area contributed by atoms with Crippen LogP contribution < -0.4 is 5.32 Å². The molecule has 0 aromatic carbocycles. The molecule has 0 spiro atoms. The van der Waals surface area contributed by atoms with Gasteiger partial charge in [0.25, 0.3) is 0 Å². The summed E-state index contributed by atoms with van der Waals surface area (Å²) in [6.45, 7) is 8.04. The predicted octanol–water partition coefficient (Wildman–Crippen LogP) is 2.84. The van der Waals surface area contributed by atoms with Crippen LogP contribution in [0.4, 0.5) is 0 Å². The molecule has 112 valence electrons. The molecule has 2 saturated carbocycles. The first-order valence-corrected chi connectivity index (χ1v) is 7.95. The van der Waals surface area contributed by atoms with Crippen LogP contribution >= 0.6 is 0 Å². The Balaban J connectivity index is 1.66. The summed E-state index contributed by atoms with van der Waals surface area (Å²) in [4.78, 5) is 0. The van der Waals surface area contributed by atoms with E-state index in [1.807, 2.05) is 0 Å². The lowest BCUT2D eigenvalue weighted by atomic mass is 9.78. The van der Waals surface area contributed by atoms with Crippen molar-refractivity contribution in [2.45, 2.75) is 52.0 Å². The highest BCUT2D eigenvalue weighted by Crippen LogP contribution is 2.61. The van der Waals surface area contributed by atoms with Gasteiger partial charge in [0.15, 0.2) is 0 Å². The van der Waals surface area contributed by atoms with Gasteiger partial charge in [0, 0.05) is 26.3 Å². The normalized spacial score (nSPS) is 32.8. The summed E-state index contributed by atoms with van der Waals surface area (Å²) in [5, 5.41) is 3.67. The van der Waals surface area contributed by atoms with Gasteiger partial charge in [-0.25, -0.2) is 0 Å². The van der Waals surface area contributed by atoms with Crippen LogP contribution in [0.3, 0.4) is 0 Å². The Bertz CT molecular complexity index is 257. The first-order chi connectivity index (χ1) is 9.15. The van der Waals surface area contributed by atoms with Crippen LogP contribution in [-0.2, 0) is 9.47 Å². The minimum atomic E-state index is 0.572. The molecule has 3 heteroatoms. The molecule has 0 aromatic rings. The predicted molar refractivity (Wildman–Crippen MR) is 78.3 cm³/mol. The highest BCUT2D eigenvalue weighted by Gasteiger charge is 2.52. The molecule has 2 unspecified atom stereocenters. The summed E-state index contributed by atoms with van der Waals surface area (Å²) in [6, 6.07) is 0.603. The molecule has 3 nitrogen and oxygen atoms in total. The topological polar surface area (TPSA) is 30.5 Å². The fourth-order valence-electron chi connectivity index (χ4n) is 3.66. The lowest BCUT2D eigenvalue weighted by Crippen LogP contribution is -2.37. The van der Waals surface area contributed by atoms with Crippen molar-refractivity contribution in [2.75, 3.05) is 33.5 Å². The number of fused-ring (bicyclic) bond motifs is 1. The maximum atomic E-state index is 5.60. The third-order valence-corrected chi connectivity index (χ3v) is 4.77. The second kappa shape index (κ2) is 7.05. The van der Waals surface area contributed by atoms with Crippen molar-refractivity contribution in [1.29, 1.82) is 0 Å². The molecule has 2 rings (SSSR count). The highest BCUT2D eigenvalue weighted by atomic mass is 16.5. The van der Waals surface area contributed by atoms with Crippen LogP contribution in [0, 0.1) is 17.3 Å². The van der Waals surface area contributed by atoms with E-state index in [0.717, 1.165) is 25.0 Å². The number of hydrogen-bond donors (Lipinski definition) is 1. The molecule has 19 heavy (non-hydrogen) atoms. The van der Waals surface area contributed by atoms with Gasteiger partial charge in [0.2, 0.25) is 0 Å². The van der Waals surface area contributed by atoms with Crippen molar-refractivity contribution in [3.05, 3.63) is 0 Å². The van der Waals surface area contributed by atoms with E-state index in [0.29, 0.717) is 18.1 Å². The van der Waals surface area contributed by atoms with E-state index < -0.39 is 0 Å². The Hall–Kier alpha value is -0.120. The molecule has 1 N–H and O–H groups in total. The SMILES string of the molecule is COCCOCCCC1(CNC(C)C)CC2CC2C1. The van der Waals surface area contributed by atoms with E-state index in [2.05, 4.69) is 19.2 Å². The quantitative estimate of drug-likeness (QED) is 0.619. The van der Waals surface area contributed by atoms with Crippen LogP contribution in [-0.4, -0.2) is 39.5 Å². The van der Waals surface area contributed by atoms with Crippen molar-refractivity contribution >= 4 is 0 Å². The second-order valence-electron chi connectivity index (χ2n) is 6.91. The maximum absolute atomic E-state index is 5.60. The maximum Gasteiger partial charge on any atom is 0.0700 e.